The van der Waals surface area contributed by atoms with Crippen molar-refractivity contribution in [2.75, 3.05) is 25.0 Å². The largest absolute Gasteiger partial charge is 0.365 e. The van der Waals surface area contributed by atoms with Crippen molar-refractivity contribution in [3.8, 4) is 0 Å². The Labute approximate surface area is 106 Å². The maximum Gasteiger partial charge on any atom is 0.239 e. The molecule has 0 aliphatic carbocycles. The highest BCUT2D eigenvalue weighted by atomic mass is 35.5. The van der Waals surface area contributed by atoms with Crippen LogP contribution in [0.25, 0.3) is 0 Å². The predicted octanol–water partition coefficient (Wildman–Crippen LogP) is 1.72. The Morgan fingerprint density at radius 1 is 1.53 bits per heavy atom. The molecule has 0 fully saturated rings. The first-order valence-corrected chi connectivity index (χ1v) is 5.69. The van der Waals surface area contributed by atoms with Crippen molar-refractivity contribution in [1.29, 1.82) is 0 Å². The highest BCUT2D eigenvalue weighted by molar-refractivity contribution is 6.33. The summed E-state index contributed by atoms with van der Waals surface area (Å²) in [6.07, 6.45) is 0.700. The Bertz CT molecular complexity index is 421. The lowest BCUT2D eigenvalue weighted by atomic mass is 10.2. The summed E-state index contributed by atoms with van der Waals surface area (Å²) in [7, 11) is 1.74. The SMILES string of the molecule is CCNC(=O)CN(C)c1cccc(Cl)c1C=O. The second kappa shape index (κ2) is 6.25. The average molecular weight is 255 g/mol. The highest BCUT2D eigenvalue weighted by Gasteiger charge is 2.12. The zero-order chi connectivity index (χ0) is 12.8. The van der Waals surface area contributed by atoms with Crippen LogP contribution >= 0.6 is 11.6 Å². The molecule has 5 heteroatoms. The molecule has 1 rings (SSSR count). The number of benzene rings is 1. The van der Waals surface area contributed by atoms with Crippen LogP contribution in [0, 0.1) is 0 Å². The molecule has 0 saturated heterocycles. The zero-order valence-electron chi connectivity index (χ0n) is 9.87. The highest BCUT2D eigenvalue weighted by Crippen LogP contribution is 2.24. The first-order valence-electron chi connectivity index (χ1n) is 5.31. The summed E-state index contributed by atoms with van der Waals surface area (Å²) in [5.41, 5.74) is 1.06. The van der Waals surface area contributed by atoms with Gasteiger partial charge in [-0.25, -0.2) is 0 Å². The Morgan fingerprint density at radius 2 is 2.24 bits per heavy atom. The van der Waals surface area contributed by atoms with E-state index in [-0.39, 0.29) is 12.5 Å². The Kier molecular flexibility index (Phi) is 4.97. The average Bonchev–Trinajstić information content (AvgIpc) is 2.28. The van der Waals surface area contributed by atoms with Gasteiger partial charge in [0.15, 0.2) is 6.29 Å². The van der Waals surface area contributed by atoms with Crippen LogP contribution in [0.1, 0.15) is 17.3 Å². The molecule has 1 amide bonds. The monoisotopic (exact) mass is 254 g/mol. The van der Waals surface area contributed by atoms with Gasteiger partial charge in [-0.1, -0.05) is 17.7 Å². The number of rotatable bonds is 5. The fraction of sp³-hybridized carbons (Fsp3) is 0.333. The number of aldehydes is 1. The molecule has 0 aliphatic rings. The minimum atomic E-state index is -0.0909. The van der Waals surface area contributed by atoms with Gasteiger partial charge in [0.25, 0.3) is 0 Å². The molecule has 0 unspecified atom stereocenters. The minimum absolute atomic E-state index is 0.0909. The van der Waals surface area contributed by atoms with Crippen LogP contribution in [-0.4, -0.2) is 32.3 Å². The Hall–Kier alpha value is -1.55. The van der Waals surface area contributed by atoms with Crippen LogP contribution in [0.4, 0.5) is 5.69 Å². The molecule has 0 atom stereocenters. The summed E-state index contributed by atoms with van der Waals surface area (Å²) in [5, 5.41) is 3.09. The molecule has 17 heavy (non-hydrogen) atoms. The summed E-state index contributed by atoms with van der Waals surface area (Å²) < 4.78 is 0. The lowest BCUT2D eigenvalue weighted by molar-refractivity contribution is -0.119. The van der Waals surface area contributed by atoms with Gasteiger partial charge < -0.3 is 10.2 Å². The molecule has 1 N–H and O–H groups in total. The molecule has 0 heterocycles. The standard InChI is InChI=1S/C12H15ClN2O2/c1-3-14-12(17)7-15(2)11-6-4-5-10(13)9(11)8-16/h4-6,8H,3,7H2,1-2H3,(H,14,17). The van der Waals surface area contributed by atoms with Crippen molar-refractivity contribution in [1.82, 2.24) is 5.32 Å². The molecule has 1 aromatic rings. The van der Waals surface area contributed by atoms with Gasteiger partial charge in [0.05, 0.1) is 17.1 Å². The summed E-state index contributed by atoms with van der Waals surface area (Å²) in [6, 6.07) is 5.16. The fourth-order valence-electron chi connectivity index (χ4n) is 1.53. The van der Waals surface area contributed by atoms with Crippen LogP contribution in [0.2, 0.25) is 5.02 Å². The number of hydrogen-bond acceptors (Lipinski definition) is 3. The zero-order valence-corrected chi connectivity index (χ0v) is 10.6. The number of likely N-dealkylation sites (N-methyl/N-ethyl adjacent to an activating group) is 2. The van der Waals surface area contributed by atoms with Crippen LogP contribution in [-0.2, 0) is 4.79 Å². The van der Waals surface area contributed by atoms with E-state index < -0.39 is 0 Å². The van der Waals surface area contributed by atoms with Crippen LogP contribution < -0.4 is 10.2 Å². The van der Waals surface area contributed by atoms with Gasteiger partial charge in [0.2, 0.25) is 5.91 Å². The molecular formula is C12H15ClN2O2. The van der Waals surface area contributed by atoms with E-state index in [1.165, 1.54) is 0 Å². The smallest absolute Gasteiger partial charge is 0.239 e. The molecule has 1 aromatic carbocycles. The van der Waals surface area contributed by atoms with E-state index in [0.29, 0.717) is 29.1 Å². The Balaban J connectivity index is 2.88. The third-order valence-electron chi connectivity index (χ3n) is 2.31. The van der Waals surface area contributed by atoms with E-state index in [0.717, 1.165) is 0 Å². The predicted molar refractivity (Wildman–Crippen MR) is 68.8 cm³/mol. The summed E-state index contributed by atoms with van der Waals surface area (Å²) in [6.45, 7) is 2.63. The van der Waals surface area contributed by atoms with Gasteiger partial charge in [-0.2, -0.15) is 0 Å². The normalized spacial score (nSPS) is 9.82. The van der Waals surface area contributed by atoms with E-state index in [4.69, 9.17) is 11.6 Å². The molecule has 0 spiro atoms. The van der Waals surface area contributed by atoms with E-state index in [2.05, 4.69) is 5.32 Å². The Morgan fingerprint density at radius 3 is 2.82 bits per heavy atom. The van der Waals surface area contributed by atoms with Gasteiger partial charge in [-0.05, 0) is 19.1 Å². The van der Waals surface area contributed by atoms with Crippen molar-refractivity contribution < 1.29 is 9.59 Å². The molecule has 0 aliphatic heterocycles. The topological polar surface area (TPSA) is 49.4 Å². The number of nitrogens with zero attached hydrogens (tertiary/aromatic N) is 1. The maximum atomic E-state index is 11.4. The van der Waals surface area contributed by atoms with E-state index in [9.17, 15) is 9.59 Å². The van der Waals surface area contributed by atoms with Crippen molar-refractivity contribution in [2.45, 2.75) is 6.92 Å². The van der Waals surface area contributed by atoms with Crippen molar-refractivity contribution in [2.24, 2.45) is 0 Å². The third-order valence-corrected chi connectivity index (χ3v) is 2.64. The van der Waals surface area contributed by atoms with E-state index >= 15 is 0 Å². The number of carbonyl (C=O) groups is 2. The number of carbonyl (C=O) groups excluding carboxylic acids is 2. The lowest BCUT2D eigenvalue weighted by Crippen LogP contribution is -2.35. The first-order chi connectivity index (χ1) is 8.10. The van der Waals surface area contributed by atoms with Gasteiger partial charge in [0.1, 0.15) is 0 Å². The van der Waals surface area contributed by atoms with Gasteiger partial charge in [0, 0.05) is 19.3 Å². The molecule has 92 valence electrons. The van der Waals surface area contributed by atoms with Crippen LogP contribution in [0.3, 0.4) is 0 Å². The molecule has 0 bridgehead atoms. The summed E-state index contributed by atoms with van der Waals surface area (Å²) >= 11 is 5.91. The second-order valence-electron chi connectivity index (χ2n) is 3.60. The van der Waals surface area contributed by atoms with E-state index in [1.54, 1.807) is 30.1 Å². The maximum absolute atomic E-state index is 11.4. The fourth-order valence-corrected chi connectivity index (χ4v) is 1.74. The number of nitrogens with one attached hydrogen (secondary N) is 1. The van der Waals surface area contributed by atoms with Crippen LogP contribution in [0.5, 0.6) is 0 Å². The quantitative estimate of drug-likeness (QED) is 0.814. The minimum Gasteiger partial charge on any atom is -0.365 e. The third kappa shape index (κ3) is 3.46. The molecule has 0 aromatic heterocycles. The van der Waals surface area contributed by atoms with Crippen molar-refractivity contribution in [3.63, 3.8) is 0 Å². The number of hydrogen-bond donors (Lipinski definition) is 1. The first kappa shape index (κ1) is 13.5. The number of amides is 1. The van der Waals surface area contributed by atoms with Crippen molar-refractivity contribution >= 4 is 29.5 Å². The molecule has 0 radical (unpaired) electrons. The second-order valence-corrected chi connectivity index (χ2v) is 4.01. The number of anilines is 1. The summed E-state index contributed by atoms with van der Waals surface area (Å²) in [4.78, 5) is 24.1. The molecular weight excluding hydrogens is 240 g/mol. The van der Waals surface area contributed by atoms with Gasteiger partial charge in [-0.3, -0.25) is 9.59 Å². The molecule has 4 nitrogen and oxygen atoms in total. The van der Waals surface area contributed by atoms with Crippen molar-refractivity contribution in [3.05, 3.63) is 28.8 Å². The molecule has 0 saturated carbocycles. The number of halogens is 1. The van der Waals surface area contributed by atoms with E-state index in [1.807, 2.05) is 6.92 Å². The van der Waals surface area contributed by atoms with Crippen LogP contribution in [0.15, 0.2) is 18.2 Å². The van der Waals surface area contributed by atoms with Gasteiger partial charge >= 0.3 is 0 Å². The summed E-state index contributed by atoms with van der Waals surface area (Å²) in [5.74, 6) is -0.0909. The lowest BCUT2D eigenvalue weighted by Gasteiger charge is -2.20. The van der Waals surface area contributed by atoms with Gasteiger partial charge in [-0.15, -0.1) is 0 Å².